The Bertz CT molecular complexity index is 1100. The van der Waals surface area contributed by atoms with Gasteiger partial charge in [-0.05, 0) is 23.3 Å². The number of amides is 1. The van der Waals surface area contributed by atoms with E-state index in [9.17, 15) is 14.9 Å². The van der Waals surface area contributed by atoms with Crippen LogP contribution in [0.1, 0.15) is 33.9 Å². The maximum atomic E-state index is 13.2. The van der Waals surface area contributed by atoms with Crippen LogP contribution in [-0.2, 0) is 0 Å². The molecule has 3 aromatic rings. The SMILES string of the molecule is O=C(c1ccc(Cl)c([N+](=O)[O-])c1)N1N=C(c2ccccc2)C[C@H]1c1ccccc1. The predicted molar refractivity (Wildman–Crippen MR) is 111 cm³/mol. The zero-order chi connectivity index (χ0) is 20.4. The molecular formula is C22H16ClN3O3. The van der Waals surface area contributed by atoms with E-state index in [2.05, 4.69) is 5.10 Å². The smallest absolute Gasteiger partial charge is 0.267 e. The van der Waals surface area contributed by atoms with Crippen molar-refractivity contribution in [3.05, 3.63) is 111 Å². The average Bonchev–Trinajstić information content (AvgIpc) is 3.20. The molecule has 29 heavy (non-hydrogen) atoms. The summed E-state index contributed by atoms with van der Waals surface area (Å²) in [4.78, 5) is 23.9. The topological polar surface area (TPSA) is 75.8 Å². The van der Waals surface area contributed by atoms with E-state index >= 15 is 0 Å². The molecule has 1 atom stereocenters. The first-order chi connectivity index (χ1) is 14.0. The Balaban J connectivity index is 1.75. The van der Waals surface area contributed by atoms with Gasteiger partial charge in [-0.2, -0.15) is 5.10 Å². The van der Waals surface area contributed by atoms with E-state index in [1.54, 1.807) is 0 Å². The van der Waals surface area contributed by atoms with Gasteiger partial charge in [0.1, 0.15) is 5.02 Å². The van der Waals surface area contributed by atoms with Crippen molar-refractivity contribution in [1.82, 2.24) is 5.01 Å². The number of rotatable bonds is 4. The monoisotopic (exact) mass is 405 g/mol. The van der Waals surface area contributed by atoms with E-state index < -0.39 is 10.8 Å². The lowest BCUT2D eigenvalue weighted by Gasteiger charge is -2.22. The number of hydrogen-bond acceptors (Lipinski definition) is 4. The fourth-order valence-corrected chi connectivity index (χ4v) is 3.54. The summed E-state index contributed by atoms with van der Waals surface area (Å²) in [7, 11) is 0. The van der Waals surface area contributed by atoms with Crippen molar-refractivity contribution >= 4 is 28.9 Å². The maximum Gasteiger partial charge on any atom is 0.288 e. The van der Waals surface area contributed by atoms with Crippen LogP contribution >= 0.6 is 11.6 Å². The Morgan fingerprint density at radius 3 is 2.34 bits per heavy atom. The number of halogens is 1. The number of hydrogen-bond donors (Lipinski definition) is 0. The van der Waals surface area contributed by atoms with Crippen LogP contribution in [0.25, 0.3) is 0 Å². The molecule has 1 amide bonds. The van der Waals surface area contributed by atoms with Crippen LogP contribution < -0.4 is 0 Å². The van der Waals surface area contributed by atoms with Crippen LogP contribution in [0.5, 0.6) is 0 Å². The summed E-state index contributed by atoms with van der Waals surface area (Å²) in [5, 5.41) is 17.2. The van der Waals surface area contributed by atoms with Gasteiger partial charge in [0.25, 0.3) is 11.6 Å². The van der Waals surface area contributed by atoms with E-state index in [1.807, 2.05) is 60.7 Å². The molecule has 1 aliphatic heterocycles. The quantitative estimate of drug-likeness (QED) is 0.440. The van der Waals surface area contributed by atoms with Gasteiger partial charge in [0.15, 0.2) is 0 Å². The summed E-state index contributed by atoms with van der Waals surface area (Å²) >= 11 is 5.89. The minimum atomic E-state index is -0.601. The number of nitrogens with zero attached hydrogens (tertiary/aromatic N) is 3. The largest absolute Gasteiger partial charge is 0.288 e. The highest BCUT2D eigenvalue weighted by Gasteiger charge is 2.34. The Morgan fingerprint density at radius 1 is 1.03 bits per heavy atom. The predicted octanol–water partition coefficient (Wildman–Crippen LogP) is 5.24. The van der Waals surface area contributed by atoms with Gasteiger partial charge in [0.2, 0.25) is 0 Å². The van der Waals surface area contributed by atoms with E-state index in [4.69, 9.17) is 11.6 Å². The summed E-state index contributed by atoms with van der Waals surface area (Å²) in [6.45, 7) is 0. The number of hydrazone groups is 1. The third-order valence-electron chi connectivity index (χ3n) is 4.80. The Kier molecular flexibility index (Phi) is 5.10. The average molecular weight is 406 g/mol. The molecule has 144 valence electrons. The van der Waals surface area contributed by atoms with E-state index in [0.717, 1.165) is 16.8 Å². The fourth-order valence-electron chi connectivity index (χ4n) is 3.36. The van der Waals surface area contributed by atoms with Crippen molar-refractivity contribution in [3.63, 3.8) is 0 Å². The second-order valence-electron chi connectivity index (χ2n) is 6.62. The van der Waals surface area contributed by atoms with Gasteiger partial charge in [0, 0.05) is 18.1 Å². The highest BCUT2D eigenvalue weighted by atomic mass is 35.5. The lowest BCUT2D eigenvalue weighted by Crippen LogP contribution is -2.27. The molecule has 0 saturated heterocycles. The van der Waals surface area contributed by atoms with Crippen LogP contribution in [0.4, 0.5) is 5.69 Å². The van der Waals surface area contributed by atoms with Crippen molar-refractivity contribution in [3.8, 4) is 0 Å². The molecule has 0 aliphatic carbocycles. The van der Waals surface area contributed by atoms with Gasteiger partial charge < -0.3 is 0 Å². The van der Waals surface area contributed by atoms with Crippen LogP contribution in [0.15, 0.2) is 84.0 Å². The van der Waals surface area contributed by atoms with Crippen molar-refractivity contribution in [1.29, 1.82) is 0 Å². The number of benzene rings is 3. The summed E-state index contributed by atoms with van der Waals surface area (Å²) in [6.07, 6.45) is 0.551. The first kappa shape index (κ1) is 18.8. The zero-order valence-electron chi connectivity index (χ0n) is 15.2. The van der Waals surface area contributed by atoms with Gasteiger partial charge >= 0.3 is 0 Å². The van der Waals surface area contributed by atoms with Crippen LogP contribution in [-0.4, -0.2) is 21.6 Å². The van der Waals surface area contributed by atoms with Crippen molar-refractivity contribution in [2.24, 2.45) is 5.10 Å². The number of carbonyl (C=O) groups excluding carboxylic acids is 1. The van der Waals surface area contributed by atoms with Crippen molar-refractivity contribution in [2.45, 2.75) is 12.5 Å². The molecule has 7 heteroatoms. The number of carbonyl (C=O) groups is 1. The molecule has 1 heterocycles. The first-order valence-corrected chi connectivity index (χ1v) is 9.38. The summed E-state index contributed by atoms with van der Waals surface area (Å²) in [5.41, 5.74) is 2.53. The zero-order valence-corrected chi connectivity index (χ0v) is 16.0. The molecule has 4 rings (SSSR count). The van der Waals surface area contributed by atoms with Crippen LogP contribution in [0.2, 0.25) is 5.02 Å². The third kappa shape index (κ3) is 3.75. The molecule has 1 aliphatic rings. The molecule has 3 aromatic carbocycles. The van der Waals surface area contributed by atoms with Crippen molar-refractivity contribution < 1.29 is 9.72 Å². The van der Waals surface area contributed by atoms with Crippen LogP contribution in [0.3, 0.4) is 0 Å². The number of nitro benzene ring substituents is 1. The second-order valence-corrected chi connectivity index (χ2v) is 7.02. The molecule has 0 unspecified atom stereocenters. The lowest BCUT2D eigenvalue weighted by molar-refractivity contribution is -0.384. The fraction of sp³-hybridized carbons (Fsp3) is 0.0909. The van der Waals surface area contributed by atoms with Gasteiger partial charge in [0.05, 0.1) is 16.7 Å². The lowest BCUT2D eigenvalue weighted by atomic mass is 9.98. The Hall–Kier alpha value is -3.51. The van der Waals surface area contributed by atoms with Gasteiger partial charge in [-0.25, -0.2) is 5.01 Å². The molecule has 0 N–H and O–H groups in total. The molecule has 0 fully saturated rings. The van der Waals surface area contributed by atoms with Gasteiger partial charge in [-0.3, -0.25) is 14.9 Å². The second kappa shape index (κ2) is 7.85. The summed E-state index contributed by atoms with van der Waals surface area (Å²) in [6, 6.07) is 23.0. The minimum absolute atomic E-state index is 0.0129. The molecule has 0 spiro atoms. The normalized spacial score (nSPS) is 15.8. The molecule has 0 aromatic heterocycles. The minimum Gasteiger partial charge on any atom is -0.267 e. The van der Waals surface area contributed by atoms with E-state index in [-0.39, 0.29) is 22.3 Å². The highest BCUT2D eigenvalue weighted by molar-refractivity contribution is 6.32. The first-order valence-electron chi connectivity index (χ1n) is 9.00. The highest BCUT2D eigenvalue weighted by Crippen LogP contribution is 2.35. The molecule has 6 nitrogen and oxygen atoms in total. The third-order valence-corrected chi connectivity index (χ3v) is 5.12. The molecule has 0 saturated carbocycles. The van der Waals surface area contributed by atoms with E-state index in [1.165, 1.54) is 23.2 Å². The molecule has 0 radical (unpaired) electrons. The Labute approximate surface area is 172 Å². The number of nitro groups is 1. The van der Waals surface area contributed by atoms with Gasteiger partial charge in [-0.1, -0.05) is 72.3 Å². The Morgan fingerprint density at radius 2 is 1.69 bits per heavy atom. The molecule has 0 bridgehead atoms. The van der Waals surface area contributed by atoms with E-state index in [0.29, 0.717) is 6.42 Å². The van der Waals surface area contributed by atoms with Crippen LogP contribution in [0, 0.1) is 10.1 Å². The maximum absolute atomic E-state index is 13.2. The standard InChI is InChI=1S/C22H16ClN3O3/c23-18-12-11-17(13-21(18)26(28)29)22(27)25-20(16-9-5-2-6-10-16)14-19(24-25)15-7-3-1-4-8-15/h1-13,20H,14H2/t20-/m0/s1. The van der Waals surface area contributed by atoms with Gasteiger partial charge in [-0.15, -0.1) is 0 Å². The van der Waals surface area contributed by atoms with Crippen molar-refractivity contribution in [2.75, 3.05) is 0 Å². The molecular weight excluding hydrogens is 390 g/mol. The summed E-state index contributed by atoms with van der Waals surface area (Å²) in [5.74, 6) is -0.412. The summed E-state index contributed by atoms with van der Waals surface area (Å²) < 4.78 is 0.